The minimum Gasteiger partial charge on any atom is -0.370 e. The quantitative estimate of drug-likeness (QED) is 0.371. The molecule has 0 heterocycles. The highest BCUT2D eigenvalue weighted by atomic mass is 15.1. The molecule has 0 radical (unpaired) electrons. The van der Waals surface area contributed by atoms with E-state index in [1.165, 1.54) is 16.7 Å². The third-order valence-corrected chi connectivity index (χ3v) is 4.17. The number of guanidine groups is 1. The maximum Gasteiger partial charge on any atom is 0.193 e. The highest BCUT2D eigenvalue weighted by Crippen LogP contribution is 2.16. The van der Waals surface area contributed by atoms with E-state index in [4.69, 9.17) is 5.73 Å². The van der Waals surface area contributed by atoms with Gasteiger partial charge in [-0.2, -0.15) is 0 Å². The molecule has 4 N–H and O–H groups in total. The molecule has 0 aliphatic heterocycles. The molecule has 4 heteroatoms. The topological polar surface area (TPSA) is 62.4 Å². The zero-order valence-corrected chi connectivity index (χ0v) is 15.4. The summed E-state index contributed by atoms with van der Waals surface area (Å²) in [6.07, 6.45) is 3.28. The van der Waals surface area contributed by atoms with Crippen LogP contribution in [0.2, 0.25) is 0 Å². The van der Waals surface area contributed by atoms with Gasteiger partial charge in [0.15, 0.2) is 5.96 Å². The van der Waals surface area contributed by atoms with E-state index in [1.807, 2.05) is 6.92 Å². The van der Waals surface area contributed by atoms with Gasteiger partial charge in [0.05, 0.1) is 0 Å². The van der Waals surface area contributed by atoms with Crippen molar-refractivity contribution in [1.82, 2.24) is 5.32 Å². The van der Waals surface area contributed by atoms with E-state index in [0.717, 1.165) is 38.0 Å². The molecule has 0 aliphatic carbocycles. The fourth-order valence-corrected chi connectivity index (χ4v) is 2.86. The van der Waals surface area contributed by atoms with Crippen LogP contribution in [0.1, 0.15) is 37.0 Å². The summed E-state index contributed by atoms with van der Waals surface area (Å²) in [6, 6.07) is 17.0. The molecule has 2 aromatic rings. The number of nitrogens with two attached hydrogens (primary N) is 1. The molecular weight excluding hydrogens is 308 g/mol. The van der Waals surface area contributed by atoms with Gasteiger partial charge < -0.3 is 16.4 Å². The minimum absolute atomic E-state index is 0.466. The van der Waals surface area contributed by atoms with Crippen LogP contribution in [-0.4, -0.2) is 19.0 Å². The molecule has 0 aliphatic rings. The number of aliphatic imine (C=N–C) groups is 1. The van der Waals surface area contributed by atoms with Crippen LogP contribution in [0.25, 0.3) is 0 Å². The van der Waals surface area contributed by atoms with Crippen molar-refractivity contribution in [1.29, 1.82) is 0 Å². The molecule has 134 valence electrons. The van der Waals surface area contributed by atoms with Crippen molar-refractivity contribution in [2.75, 3.05) is 18.4 Å². The van der Waals surface area contributed by atoms with Crippen molar-refractivity contribution in [3.63, 3.8) is 0 Å². The number of hydrogen-bond donors (Lipinski definition) is 3. The van der Waals surface area contributed by atoms with Gasteiger partial charge in [-0.1, -0.05) is 43.3 Å². The Morgan fingerprint density at radius 3 is 2.56 bits per heavy atom. The molecular formula is C21H30N4. The van der Waals surface area contributed by atoms with Gasteiger partial charge in [0.1, 0.15) is 0 Å². The molecule has 0 bridgehead atoms. The molecule has 0 saturated heterocycles. The average Bonchev–Trinajstić information content (AvgIpc) is 2.63. The lowest BCUT2D eigenvalue weighted by Gasteiger charge is -2.13. The van der Waals surface area contributed by atoms with E-state index in [0.29, 0.717) is 12.5 Å². The standard InChI is InChI=1S/C21H30N4/c1-3-18-12-13-20(25-21(22)24-4-2)15-19(18)16-23-14-8-11-17-9-6-5-7-10-17/h5-7,9-10,12-13,15,23H,3-4,8,11,14,16H2,1-2H3,(H3,22,24,25). The number of anilines is 1. The predicted octanol–water partition coefficient (Wildman–Crippen LogP) is 3.72. The summed E-state index contributed by atoms with van der Waals surface area (Å²) in [6.45, 7) is 6.73. The Labute approximate surface area is 151 Å². The van der Waals surface area contributed by atoms with E-state index in [1.54, 1.807) is 0 Å². The van der Waals surface area contributed by atoms with Crippen molar-refractivity contribution in [3.05, 3.63) is 65.2 Å². The van der Waals surface area contributed by atoms with Gasteiger partial charge in [0.2, 0.25) is 0 Å². The summed E-state index contributed by atoms with van der Waals surface area (Å²) in [5.41, 5.74) is 10.9. The molecule has 0 unspecified atom stereocenters. The molecule has 0 atom stereocenters. The van der Waals surface area contributed by atoms with Crippen molar-refractivity contribution in [2.45, 2.75) is 39.7 Å². The van der Waals surface area contributed by atoms with Gasteiger partial charge in [0, 0.05) is 18.8 Å². The Bertz CT molecular complexity index is 665. The van der Waals surface area contributed by atoms with E-state index in [-0.39, 0.29) is 0 Å². The Kier molecular flexibility index (Phi) is 7.99. The fourth-order valence-electron chi connectivity index (χ4n) is 2.86. The molecule has 0 amide bonds. The number of aryl methyl sites for hydroxylation is 2. The summed E-state index contributed by atoms with van der Waals surface area (Å²) >= 11 is 0. The molecule has 0 spiro atoms. The number of rotatable bonds is 9. The normalized spacial score (nSPS) is 11.5. The van der Waals surface area contributed by atoms with Crippen LogP contribution in [0.5, 0.6) is 0 Å². The second-order valence-electron chi connectivity index (χ2n) is 6.09. The number of nitrogens with one attached hydrogen (secondary N) is 2. The Hall–Kier alpha value is -2.33. The van der Waals surface area contributed by atoms with Gasteiger partial charge >= 0.3 is 0 Å². The highest BCUT2D eigenvalue weighted by Gasteiger charge is 2.04. The van der Waals surface area contributed by atoms with Crippen LogP contribution in [-0.2, 0) is 19.4 Å². The third kappa shape index (κ3) is 6.59. The van der Waals surface area contributed by atoms with Crippen LogP contribution in [0, 0.1) is 0 Å². The molecule has 0 aromatic heterocycles. The van der Waals surface area contributed by atoms with Crippen LogP contribution in [0.15, 0.2) is 53.5 Å². The summed E-state index contributed by atoms with van der Waals surface area (Å²) in [5, 5.41) is 6.72. The van der Waals surface area contributed by atoms with Crippen LogP contribution in [0.3, 0.4) is 0 Å². The first-order valence-corrected chi connectivity index (χ1v) is 9.16. The first-order valence-electron chi connectivity index (χ1n) is 9.16. The van der Waals surface area contributed by atoms with E-state index >= 15 is 0 Å². The van der Waals surface area contributed by atoms with Crippen molar-refractivity contribution >= 4 is 11.6 Å². The largest absolute Gasteiger partial charge is 0.370 e. The summed E-state index contributed by atoms with van der Waals surface area (Å²) in [4.78, 5) is 4.18. The molecule has 2 aromatic carbocycles. The fraction of sp³-hybridized carbons (Fsp3) is 0.381. The van der Waals surface area contributed by atoms with Gasteiger partial charge in [0.25, 0.3) is 0 Å². The van der Waals surface area contributed by atoms with Crippen molar-refractivity contribution in [3.8, 4) is 0 Å². The summed E-state index contributed by atoms with van der Waals surface area (Å²) in [7, 11) is 0. The Morgan fingerprint density at radius 1 is 1.04 bits per heavy atom. The Balaban J connectivity index is 1.85. The van der Waals surface area contributed by atoms with Crippen molar-refractivity contribution < 1.29 is 0 Å². The second kappa shape index (κ2) is 10.5. The number of nitrogens with zero attached hydrogens (tertiary/aromatic N) is 1. The molecule has 0 fully saturated rings. The van der Waals surface area contributed by atoms with Crippen molar-refractivity contribution in [2.24, 2.45) is 10.7 Å². The summed E-state index contributed by atoms with van der Waals surface area (Å²) in [5.74, 6) is 0.466. The first kappa shape index (κ1) is 19.0. The number of hydrogen-bond acceptors (Lipinski definition) is 2. The Morgan fingerprint density at radius 2 is 1.84 bits per heavy atom. The average molecular weight is 338 g/mol. The summed E-state index contributed by atoms with van der Waals surface area (Å²) < 4.78 is 0. The van der Waals surface area contributed by atoms with Gasteiger partial charge in [-0.25, -0.2) is 0 Å². The van der Waals surface area contributed by atoms with Gasteiger partial charge in [-0.15, -0.1) is 0 Å². The first-order chi connectivity index (χ1) is 12.2. The SMILES string of the molecule is CCN=C(N)Nc1ccc(CC)c(CNCCCc2ccccc2)c1. The smallest absolute Gasteiger partial charge is 0.193 e. The van der Waals surface area contributed by atoms with E-state index < -0.39 is 0 Å². The lowest BCUT2D eigenvalue weighted by atomic mass is 10.0. The maximum absolute atomic E-state index is 5.86. The number of benzene rings is 2. The zero-order chi connectivity index (χ0) is 17.9. The van der Waals surface area contributed by atoms with Gasteiger partial charge in [-0.3, -0.25) is 4.99 Å². The van der Waals surface area contributed by atoms with Gasteiger partial charge in [-0.05, 0) is 61.6 Å². The zero-order valence-electron chi connectivity index (χ0n) is 15.4. The van der Waals surface area contributed by atoms with Crippen LogP contribution >= 0.6 is 0 Å². The minimum atomic E-state index is 0.466. The molecule has 25 heavy (non-hydrogen) atoms. The van der Waals surface area contributed by atoms with E-state index in [2.05, 4.69) is 71.1 Å². The van der Waals surface area contributed by atoms with Crippen LogP contribution < -0.4 is 16.4 Å². The molecule has 2 rings (SSSR count). The molecule has 0 saturated carbocycles. The maximum atomic E-state index is 5.86. The second-order valence-corrected chi connectivity index (χ2v) is 6.09. The lowest BCUT2D eigenvalue weighted by Crippen LogP contribution is -2.23. The molecule has 4 nitrogen and oxygen atoms in total. The van der Waals surface area contributed by atoms with Crippen LogP contribution in [0.4, 0.5) is 5.69 Å². The highest BCUT2D eigenvalue weighted by molar-refractivity contribution is 5.92. The third-order valence-electron chi connectivity index (χ3n) is 4.17. The van der Waals surface area contributed by atoms with E-state index in [9.17, 15) is 0 Å². The lowest BCUT2D eigenvalue weighted by molar-refractivity contribution is 0.646. The monoisotopic (exact) mass is 338 g/mol. The predicted molar refractivity (Wildman–Crippen MR) is 108 cm³/mol.